The lowest BCUT2D eigenvalue weighted by Gasteiger charge is -2.26. The van der Waals surface area contributed by atoms with Crippen molar-refractivity contribution in [2.45, 2.75) is 0 Å². The minimum Gasteiger partial charge on any atom is -0.310 e. The molecule has 334 valence electrons. The molecule has 0 aromatic heterocycles. The van der Waals surface area contributed by atoms with Gasteiger partial charge in [-0.05, 0) is 162 Å². The van der Waals surface area contributed by atoms with Gasteiger partial charge in [-0.15, -0.1) is 0 Å². The molecule has 0 saturated carbocycles. The van der Waals surface area contributed by atoms with E-state index >= 15 is 0 Å². The topological polar surface area (TPSA) is 102 Å². The Kier molecular flexibility index (Phi) is 11.8. The van der Waals surface area contributed by atoms with E-state index in [2.05, 4.69) is 168 Å². The van der Waals surface area contributed by atoms with Crippen LogP contribution >= 0.6 is 0 Å². The second kappa shape index (κ2) is 19.2. The van der Waals surface area contributed by atoms with Crippen LogP contribution in [0, 0.1) is 45.3 Å². The maximum absolute atomic E-state index is 10.5. The Labute approximate surface area is 417 Å². The maximum Gasteiger partial charge on any atom is 0.0998 e. The van der Waals surface area contributed by atoms with Gasteiger partial charge in [0.15, 0.2) is 0 Å². The van der Waals surface area contributed by atoms with Crippen molar-refractivity contribution in [2.24, 2.45) is 0 Å². The Hall–Kier alpha value is -10.5. The normalized spacial score (nSPS) is 11.4. The molecule has 0 unspecified atom stereocenters. The smallest absolute Gasteiger partial charge is 0.0998 e. The summed E-state index contributed by atoms with van der Waals surface area (Å²) < 4.78 is 0. The highest BCUT2D eigenvalue weighted by atomic mass is 15.1. The zero-order valence-electron chi connectivity index (χ0n) is 38.8. The van der Waals surface area contributed by atoms with Crippen LogP contribution in [0.25, 0.3) is 66.4 Å². The summed E-state index contributed by atoms with van der Waals surface area (Å²) in [5.41, 5.74) is 9.07. The number of benzene rings is 11. The number of fused-ring (bicyclic) bond motifs is 6. The van der Waals surface area contributed by atoms with Crippen molar-refractivity contribution in [3.63, 3.8) is 0 Å². The van der Waals surface area contributed by atoms with Crippen LogP contribution in [-0.4, -0.2) is 0 Å². The minimum absolute atomic E-state index is 0.262. The number of allylic oxidation sites excluding steroid dienone is 2. The van der Waals surface area contributed by atoms with Gasteiger partial charge in [-0.25, -0.2) is 0 Å². The molecule has 0 saturated heterocycles. The zero-order valence-corrected chi connectivity index (χ0v) is 38.8. The molecule has 11 rings (SSSR count). The minimum atomic E-state index is 0.262. The molecule has 0 bridgehead atoms. The molecular weight excluding hydrogens is 877 g/mol. The van der Waals surface area contributed by atoms with Crippen LogP contribution in [0.2, 0.25) is 0 Å². The van der Waals surface area contributed by atoms with Gasteiger partial charge in [0.25, 0.3) is 0 Å². The van der Waals surface area contributed by atoms with Gasteiger partial charge in [-0.3, -0.25) is 0 Å². The van der Waals surface area contributed by atoms with Crippen molar-refractivity contribution in [3.05, 3.63) is 264 Å². The molecule has 0 aliphatic carbocycles. The summed E-state index contributed by atoms with van der Waals surface area (Å²) in [6.07, 6.45) is 3.29. The Morgan fingerprint density at radius 3 is 1.00 bits per heavy atom. The third-order valence-electron chi connectivity index (χ3n) is 13.2. The largest absolute Gasteiger partial charge is 0.310 e. The van der Waals surface area contributed by atoms with E-state index in [1.165, 1.54) is 21.5 Å². The van der Waals surface area contributed by atoms with Crippen molar-refractivity contribution in [2.75, 3.05) is 9.80 Å². The number of rotatable bonds is 10. The van der Waals surface area contributed by atoms with Gasteiger partial charge in [0, 0.05) is 34.1 Å². The first kappa shape index (κ1) is 44.0. The van der Waals surface area contributed by atoms with Crippen molar-refractivity contribution in [3.8, 4) is 24.3 Å². The molecule has 0 spiro atoms. The second-order valence-electron chi connectivity index (χ2n) is 17.4. The molecule has 72 heavy (non-hydrogen) atoms. The fourth-order valence-corrected chi connectivity index (χ4v) is 9.62. The fraction of sp³-hybridized carbons (Fsp3) is 0. The predicted octanol–water partition coefficient (Wildman–Crippen LogP) is 17.1. The Bertz CT molecular complexity index is 3860. The standard InChI is InChI=1S/C66H40N6/c67-41-53(45-23-29-59(30-24-45)71(57-13-3-1-4-14-57)61-33-27-49-21-19-47-11-7-9-17-63(47)65(49)39-61)35-51-37-56(44-70)52(38-55(51)43-69)36-54(42-68)46-25-31-60(32-26-46)72(58-15-5-2-6-16-58)62-34-28-50-22-20-48-12-8-10-18-64(48)66(50)40-62/h1-40H. The van der Waals surface area contributed by atoms with E-state index in [-0.39, 0.29) is 11.1 Å². The number of anilines is 6. The van der Waals surface area contributed by atoms with Gasteiger partial charge in [-0.1, -0.05) is 146 Å². The van der Waals surface area contributed by atoms with Crippen LogP contribution in [0.3, 0.4) is 0 Å². The lowest BCUT2D eigenvalue weighted by Crippen LogP contribution is -2.09. The quantitative estimate of drug-likeness (QED) is 0.0769. The average molecular weight is 917 g/mol. The number of nitrogens with zero attached hydrogens (tertiary/aromatic N) is 6. The fourth-order valence-electron chi connectivity index (χ4n) is 9.62. The maximum atomic E-state index is 10.5. The number of hydrogen-bond donors (Lipinski definition) is 0. The van der Waals surface area contributed by atoms with E-state index in [0.29, 0.717) is 33.4 Å². The molecule has 11 aromatic carbocycles. The molecular formula is C66H40N6. The van der Waals surface area contributed by atoms with Gasteiger partial charge in [0.05, 0.1) is 46.5 Å². The third-order valence-corrected chi connectivity index (χ3v) is 13.2. The highest BCUT2D eigenvalue weighted by Crippen LogP contribution is 2.40. The van der Waals surface area contributed by atoms with Gasteiger partial charge < -0.3 is 9.80 Å². The number of hydrogen-bond acceptors (Lipinski definition) is 6. The van der Waals surface area contributed by atoms with Crippen LogP contribution in [0.15, 0.2) is 231 Å². The predicted molar refractivity (Wildman–Crippen MR) is 295 cm³/mol. The highest BCUT2D eigenvalue weighted by Gasteiger charge is 2.18. The summed E-state index contributed by atoms with van der Waals surface area (Å²) in [5, 5.41) is 51.3. The van der Waals surface area contributed by atoms with E-state index < -0.39 is 0 Å². The monoisotopic (exact) mass is 916 g/mol. The molecule has 0 heterocycles. The number of para-hydroxylation sites is 2. The lowest BCUT2D eigenvalue weighted by molar-refractivity contribution is 1.29. The van der Waals surface area contributed by atoms with Gasteiger partial charge >= 0.3 is 0 Å². The van der Waals surface area contributed by atoms with Crippen LogP contribution in [0.5, 0.6) is 0 Å². The number of nitriles is 4. The highest BCUT2D eigenvalue weighted by molar-refractivity contribution is 6.10. The Morgan fingerprint density at radius 2 is 0.625 bits per heavy atom. The second-order valence-corrected chi connectivity index (χ2v) is 17.4. The van der Waals surface area contributed by atoms with E-state index in [1.54, 1.807) is 24.3 Å². The molecule has 0 fully saturated rings. The first-order chi connectivity index (χ1) is 35.5. The first-order valence-corrected chi connectivity index (χ1v) is 23.5. The van der Waals surface area contributed by atoms with E-state index in [1.807, 2.05) is 84.9 Å². The molecule has 6 nitrogen and oxygen atoms in total. The summed E-state index contributed by atoms with van der Waals surface area (Å²) >= 11 is 0. The van der Waals surface area contributed by atoms with E-state index in [0.717, 1.165) is 55.7 Å². The average Bonchev–Trinajstić information content (AvgIpc) is 3.45. The summed E-state index contributed by atoms with van der Waals surface area (Å²) in [6, 6.07) is 86.7. The molecule has 0 amide bonds. The molecule has 0 N–H and O–H groups in total. The molecule has 11 aromatic rings. The molecule has 0 aliphatic heterocycles. The van der Waals surface area contributed by atoms with Gasteiger partial charge in [0.2, 0.25) is 0 Å². The van der Waals surface area contributed by atoms with Crippen molar-refractivity contribution in [1.29, 1.82) is 21.0 Å². The third kappa shape index (κ3) is 8.42. The first-order valence-electron chi connectivity index (χ1n) is 23.5. The van der Waals surface area contributed by atoms with Crippen LogP contribution in [-0.2, 0) is 0 Å². The molecule has 0 atom stereocenters. The van der Waals surface area contributed by atoms with Crippen molar-refractivity contribution in [1.82, 2.24) is 0 Å². The van der Waals surface area contributed by atoms with E-state index in [9.17, 15) is 21.0 Å². The van der Waals surface area contributed by atoms with Gasteiger partial charge in [-0.2, -0.15) is 21.0 Å². The van der Waals surface area contributed by atoms with Crippen molar-refractivity contribution < 1.29 is 0 Å². The molecule has 0 radical (unpaired) electrons. The van der Waals surface area contributed by atoms with Crippen LogP contribution < -0.4 is 9.80 Å². The van der Waals surface area contributed by atoms with Crippen molar-refractivity contribution >= 4 is 101 Å². The summed E-state index contributed by atoms with van der Waals surface area (Å²) in [6.45, 7) is 0. The van der Waals surface area contributed by atoms with Gasteiger partial charge in [0.1, 0.15) is 0 Å². The SMILES string of the molecule is N#CC(=Cc1cc(C#N)c(C=C(C#N)c2ccc(N(c3ccccc3)c3ccc4ccc5ccccc5c4c3)cc2)cc1C#N)c1ccc(N(c2ccccc2)c2ccc3ccc4ccccc4c3c2)cc1. The Morgan fingerprint density at radius 1 is 0.306 bits per heavy atom. The molecule has 6 heteroatoms. The van der Waals surface area contributed by atoms with E-state index in [4.69, 9.17) is 0 Å². The van der Waals surface area contributed by atoms with Crippen LogP contribution in [0.4, 0.5) is 34.1 Å². The lowest BCUT2D eigenvalue weighted by atomic mass is 9.94. The zero-order chi connectivity index (χ0) is 49.0. The Balaban J connectivity index is 0.900. The van der Waals surface area contributed by atoms with Crippen LogP contribution in [0.1, 0.15) is 33.4 Å². The summed E-state index contributed by atoms with van der Waals surface area (Å²) in [4.78, 5) is 4.38. The molecule has 0 aliphatic rings. The summed E-state index contributed by atoms with van der Waals surface area (Å²) in [7, 11) is 0. The summed E-state index contributed by atoms with van der Waals surface area (Å²) in [5.74, 6) is 0.